The van der Waals surface area contributed by atoms with Gasteiger partial charge in [-0.1, -0.05) is 6.92 Å². The molecule has 1 rings (SSSR count). The zero-order chi connectivity index (χ0) is 10.6. The van der Waals surface area contributed by atoms with E-state index in [4.69, 9.17) is 5.11 Å². The van der Waals surface area contributed by atoms with Gasteiger partial charge in [-0.25, -0.2) is 0 Å². The van der Waals surface area contributed by atoms with E-state index in [9.17, 15) is 9.59 Å². The number of aliphatic hydroxyl groups excluding tert-OH is 1. The maximum Gasteiger partial charge on any atom is 0.242 e. The van der Waals surface area contributed by atoms with Crippen molar-refractivity contribution in [3.63, 3.8) is 0 Å². The fraction of sp³-hybridized carbons (Fsp3) is 0.778. The van der Waals surface area contributed by atoms with E-state index in [1.54, 1.807) is 0 Å². The fourth-order valence-electron chi connectivity index (χ4n) is 1.39. The molecule has 1 aliphatic heterocycles. The van der Waals surface area contributed by atoms with Gasteiger partial charge in [0, 0.05) is 6.42 Å². The summed E-state index contributed by atoms with van der Waals surface area (Å²) in [4.78, 5) is 22.3. The van der Waals surface area contributed by atoms with Gasteiger partial charge in [-0.15, -0.1) is 0 Å². The van der Waals surface area contributed by atoms with Crippen LogP contribution in [0.2, 0.25) is 0 Å². The quantitative estimate of drug-likeness (QED) is 0.553. The summed E-state index contributed by atoms with van der Waals surface area (Å²) in [5.41, 5.74) is 0. The van der Waals surface area contributed by atoms with Gasteiger partial charge in [-0.05, 0) is 12.8 Å². The Morgan fingerprint density at radius 2 is 2.50 bits per heavy atom. The number of carbonyl (C=O) groups is 2. The van der Waals surface area contributed by atoms with Gasteiger partial charge in [-0.2, -0.15) is 0 Å². The van der Waals surface area contributed by atoms with Crippen molar-refractivity contribution in [2.75, 3.05) is 6.61 Å². The summed E-state index contributed by atoms with van der Waals surface area (Å²) in [6.07, 6.45) is 1.64. The van der Waals surface area contributed by atoms with Gasteiger partial charge < -0.3 is 15.7 Å². The average molecular weight is 200 g/mol. The standard InChI is InChI=1S/C9H16N2O3/c1-2-6(5-12)10-9(14)7-3-4-8(13)11-7/h6-7,12H,2-5H2,1H3,(H,10,14)(H,11,13)/t6-,7?/m0/s1. The van der Waals surface area contributed by atoms with Crippen LogP contribution in [0, 0.1) is 0 Å². The molecule has 1 fully saturated rings. The molecule has 1 aliphatic rings. The molecule has 5 nitrogen and oxygen atoms in total. The van der Waals surface area contributed by atoms with Crippen LogP contribution in [0.4, 0.5) is 0 Å². The Hall–Kier alpha value is -1.10. The number of hydrogen-bond acceptors (Lipinski definition) is 3. The van der Waals surface area contributed by atoms with Crippen molar-refractivity contribution in [2.24, 2.45) is 0 Å². The summed E-state index contributed by atoms with van der Waals surface area (Å²) in [6.45, 7) is 1.82. The summed E-state index contributed by atoms with van der Waals surface area (Å²) < 4.78 is 0. The van der Waals surface area contributed by atoms with E-state index in [0.717, 1.165) is 0 Å². The molecule has 0 aromatic carbocycles. The van der Waals surface area contributed by atoms with Gasteiger partial charge in [0.25, 0.3) is 0 Å². The first-order valence-corrected chi connectivity index (χ1v) is 4.88. The SMILES string of the molecule is CC[C@@H](CO)NC(=O)C1CCC(=O)N1. The lowest BCUT2D eigenvalue weighted by atomic mass is 10.2. The molecule has 2 atom stereocenters. The summed E-state index contributed by atoms with van der Waals surface area (Å²) in [5, 5.41) is 14.1. The highest BCUT2D eigenvalue weighted by molar-refractivity contribution is 5.90. The third-order valence-electron chi connectivity index (χ3n) is 2.37. The van der Waals surface area contributed by atoms with Gasteiger partial charge in [0.05, 0.1) is 12.6 Å². The summed E-state index contributed by atoms with van der Waals surface area (Å²) in [5.74, 6) is -0.279. The largest absolute Gasteiger partial charge is 0.394 e. The molecule has 0 aliphatic carbocycles. The van der Waals surface area contributed by atoms with Crippen molar-refractivity contribution in [3.05, 3.63) is 0 Å². The van der Waals surface area contributed by atoms with Gasteiger partial charge >= 0.3 is 0 Å². The van der Waals surface area contributed by atoms with Crippen LogP contribution >= 0.6 is 0 Å². The second-order valence-electron chi connectivity index (χ2n) is 3.46. The number of amides is 2. The smallest absolute Gasteiger partial charge is 0.242 e. The number of nitrogens with one attached hydrogen (secondary N) is 2. The third kappa shape index (κ3) is 2.70. The molecule has 14 heavy (non-hydrogen) atoms. The number of rotatable bonds is 4. The minimum absolute atomic E-state index is 0.0666. The maximum atomic E-state index is 11.5. The first-order valence-electron chi connectivity index (χ1n) is 4.88. The van der Waals surface area contributed by atoms with Crippen molar-refractivity contribution >= 4 is 11.8 Å². The Morgan fingerprint density at radius 3 is 2.93 bits per heavy atom. The molecule has 1 unspecified atom stereocenters. The molecule has 1 saturated heterocycles. The lowest BCUT2D eigenvalue weighted by Gasteiger charge is -2.17. The van der Waals surface area contributed by atoms with Crippen molar-refractivity contribution in [3.8, 4) is 0 Å². The predicted octanol–water partition coefficient (Wildman–Crippen LogP) is -0.848. The van der Waals surface area contributed by atoms with E-state index in [1.807, 2.05) is 6.92 Å². The van der Waals surface area contributed by atoms with Crippen LogP contribution in [0.1, 0.15) is 26.2 Å². The van der Waals surface area contributed by atoms with E-state index >= 15 is 0 Å². The predicted molar refractivity (Wildman–Crippen MR) is 50.5 cm³/mol. The van der Waals surface area contributed by atoms with E-state index in [2.05, 4.69) is 10.6 Å². The monoisotopic (exact) mass is 200 g/mol. The summed E-state index contributed by atoms with van der Waals surface area (Å²) >= 11 is 0. The van der Waals surface area contributed by atoms with E-state index < -0.39 is 6.04 Å². The van der Waals surface area contributed by atoms with Crippen molar-refractivity contribution in [1.29, 1.82) is 0 Å². The van der Waals surface area contributed by atoms with Crippen LogP contribution in [0.3, 0.4) is 0 Å². The molecule has 1 heterocycles. The van der Waals surface area contributed by atoms with Crippen LogP contribution in [0.5, 0.6) is 0 Å². The minimum Gasteiger partial charge on any atom is -0.394 e. The third-order valence-corrected chi connectivity index (χ3v) is 2.37. The van der Waals surface area contributed by atoms with Crippen molar-refractivity contribution in [2.45, 2.75) is 38.3 Å². The fourth-order valence-corrected chi connectivity index (χ4v) is 1.39. The molecule has 0 bridgehead atoms. The Bertz CT molecular complexity index is 226. The number of carbonyl (C=O) groups excluding carboxylic acids is 2. The van der Waals surface area contributed by atoms with Gasteiger partial charge in [0.1, 0.15) is 6.04 Å². The molecular weight excluding hydrogens is 184 g/mol. The lowest BCUT2D eigenvalue weighted by molar-refractivity contribution is -0.126. The Labute approximate surface area is 82.9 Å². The highest BCUT2D eigenvalue weighted by atomic mass is 16.3. The topological polar surface area (TPSA) is 78.4 Å². The average Bonchev–Trinajstić information content (AvgIpc) is 2.61. The van der Waals surface area contributed by atoms with Crippen LogP contribution in [-0.2, 0) is 9.59 Å². The summed E-state index contributed by atoms with van der Waals surface area (Å²) in [6, 6.07) is -0.622. The molecule has 80 valence electrons. The van der Waals surface area contributed by atoms with Gasteiger partial charge in [0.15, 0.2) is 0 Å². The second-order valence-corrected chi connectivity index (χ2v) is 3.46. The lowest BCUT2D eigenvalue weighted by Crippen LogP contribution is -2.46. The number of aliphatic hydroxyl groups is 1. The van der Waals surface area contributed by atoms with Crippen molar-refractivity contribution in [1.82, 2.24) is 10.6 Å². The molecule has 3 N–H and O–H groups in total. The Balaban J connectivity index is 2.38. The molecule has 0 radical (unpaired) electrons. The first-order chi connectivity index (χ1) is 6.67. The van der Waals surface area contributed by atoms with E-state index in [-0.39, 0.29) is 24.5 Å². The molecule has 5 heteroatoms. The van der Waals surface area contributed by atoms with Gasteiger partial charge in [-0.3, -0.25) is 9.59 Å². The molecular formula is C9H16N2O3. The normalized spacial score (nSPS) is 23.0. The zero-order valence-corrected chi connectivity index (χ0v) is 8.25. The molecule has 2 amide bonds. The van der Waals surface area contributed by atoms with E-state index in [1.165, 1.54) is 0 Å². The van der Waals surface area contributed by atoms with Crippen LogP contribution in [-0.4, -0.2) is 35.6 Å². The number of hydrogen-bond donors (Lipinski definition) is 3. The minimum atomic E-state index is -0.414. The molecule has 0 aromatic heterocycles. The Morgan fingerprint density at radius 1 is 1.79 bits per heavy atom. The van der Waals surface area contributed by atoms with Crippen LogP contribution in [0.25, 0.3) is 0 Å². The van der Waals surface area contributed by atoms with Crippen LogP contribution < -0.4 is 10.6 Å². The zero-order valence-electron chi connectivity index (χ0n) is 8.25. The molecule has 0 spiro atoms. The molecule has 0 aromatic rings. The molecule has 0 saturated carbocycles. The maximum absolute atomic E-state index is 11.5. The summed E-state index contributed by atoms with van der Waals surface area (Å²) in [7, 11) is 0. The highest BCUT2D eigenvalue weighted by Crippen LogP contribution is 2.06. The van der Waals surface area contributed by atoms with Crippen LogP contribution in [0.15, 0.2) is 0 Å². The highest BCUT2D eigenvalue weighted by Gasteiger charge is 2.27. The van der Waals surface area contributed by atoms with E-state index in [0.29, 0.717) is 19.3 Å². The van der Waals surface area contributed by atoms with Gasteiger partial charge in [0.2, 0.25) is 11.8 Å². The second kappa shape index (κ2) is 4.95. The Kier molecular flexibility index (Phi) is 3.88. The van der Waals surface area contributed by atoms with Crippen molar-refractivity contribution < 1.29 is 14.7 Å². The first kappa shape index (κ1) is 11.0.